The van der Waals surface area contributed by atoms with Crippen molar-refractivity contribution in [2.24, 2.45) is 0 Å². The van der Waals surface area contributed by atoms with E-state index in [-0.39, 0.29) is 24.1 Å². The van der Waals surface area contributed by atoms with Crippen molar-refractivity contribution in [1.82, 2.24) is 0 Å². The number of rotatable bonds is 2. The van der Waals surface area contributed by atoms with Crippen molar-refractivity contribution in [2.75, 3.05) is 18.5 Å². The molecular formula is C20H22FNO2. The summed E-state index contributed by atoms with van der Waals surface area (Å²) < 4.78 is 25.4. The average molecular weight is 327 g/mol. The van der Waals surface area contributed by atoms with Gasteiger partial charge in [0.15, 0.2) is 0 Å². The Balaban J connectivity index is 1.75. The van der Waals surface area contributed by atoms with E-state index in [1.54, 1.807) is 0 Å². The summed E-state index contributed by atoms with van der Waals surface area (Å²) in [4.78, 5) is 0. The van der Waals surface area contributed by atoms with E-state index in [1.807, 2.05) is 12.1 Å². The van der Waals surface area contributed by atoms with Crippen LogP contribution in [-0.4, -0.2) is 19.3 Å². The molecule has 1 fully saturated rings. The molecule has 2 heterocycles. The van der Waals surface area contributed by atoms with Gasteiger partial charge in [-0.15, -0.1) is 0 Å². The zero-order valence-electron chi connectivity index (χ0n) is 14.0. The molecule has 24 heavy (non-hydrogen) atoms. The lowest BCUT2D eigenvalue weighted by molar-refractivity contribution is -0.151. The normalized spacial score (nSPS) is 25.8. The molecule has 2 aliphatic rings. The van der Waals surface area contributed by atoms with Crippen LogP contribution in [0.4, 0.5) is 10.1 Å². The third-order valence-corrected chi connectivity index (χ3v) is 4.91. The fourth-order valence-electron chi connectivity index (χ4n) is 3.58. The van der Waals surface area contributed by atoms with E-state index in [4.69, 9.17) is 9.47 Å². The van der Waals surface area contributed by atoms with Gasteiger partial charge in [-0.25, -0.2) is 4.39 Å². The van der Waals surface area contributed by atoms with E-state index >= 15 is 0 Å². The van der Waals surface area contributed by atoms with E-state index in [1.165, 1.54) is 17.7 Å². The van der Waals surface area contributed by atoms with E-state index in [0.29, 0.717) is 19.1 Å². The smallest absolute Gasteiger partial charge is 0.123 e. The molecule has 0 saturated carbocycles. The van der Waals surface area contributed by atoms with E-state index in [0.717, 1.165) is 16.8 Å². The molecule has 0 spiro atoms. The van der Waals surface area contributed by atoms with Crippen LogP contribution in [0.5, 0.6) is 0 Å². The SMILES string of the molecule is CC(C)c1ccc2c(c1)C1OCCOC1C(c1ccc(F)cc1)N2. The van der Waals surface area contributed by atoms with E-state index in [9.17, 15) is 4.39 Å². The number of benzene rings is 2. The van der Waals surface area contributed by atoms with Crippen LogP contribution in [0.15, 0.2) is 42.5 Å². The minimum absolute atomic E-state index is 0.0479. The summed E-state index contributed by atoms with van der Waals surface area (Å²) in [5.74, 6) is 0.238. The predicted molar refractivity (Wildman–Crippen MR) is 91.7 cm³/mol. The molecule has 3 unspecified atom stereocenters. The summed E-state index contributed by atoms with van der Waals surface area (Å²) in [6, 6.07) is 13.1. The van der Waals surface area contributed by atoms with Crippen LogP contribution >= 0.6 is 0 Å². The molecule has 4 rings (SSSR count). The topological polar surface area (TPSA) is 30.5 Å². The van der Waals surface area contributed by atoms with Gasteiger partial charge >= 0.3 is 0 Å². The summed E-state index contributed by atoms with van der Waals surface area (Å²) in [7, 11) is 0. The van der Waals surface area contributed by atoms with Crippen molar-refractivity contribution >= 4 is 5.69 Å². The molecule has 126 valence electrons. The minimum atomic E-state index is -0.228. The molecule has 0 radical (unpaired) electrons. The summed E-state index contributed by atoms with van der Waals surface area (Å²) in [6.45, 7) is 5.56. The van der Waals surface area contributed by atoms with Gasteiger partial charge in [0.25, 0.3) is 0 Å². The second-order valence-corrected chi connectivity index (χ2v) is 6.80. The standard InChI is InChI=1S/C20H22FNO2/c1-12(2)14-5-8-17-16(11-14)19-20(24-10-9-23-19)18(22-17)13-3-6-15(21)7-4-13/h3-8,11-12,18-20,22H,9-10H2,1-2H3. The number of nitrogens with one attached hydrogen (secondary N) is 1. The molecule has 1 saturated heterocycles. The van der Waals surface area contributed by atoms with Crippen LogP contribution in [0.1, 0.15) is 48.6 Å². The maximum atomic E-state index is 13.3. The minimum Gasteiger partial charge on any atom is -0.375 e. The van der Waals surface area contributed by atoms with Gasteiger partial charge in [-0.3, -0.25) is 0 Å². The van der Waals surface area contributed by atoms with Crippen molar-refractivity contribution < 1.29 is 13.9 Å². The van der Waals surface area contributed by atoms with Gasteiger partial charge in [-0.1, -0.05) is 38.1 Å². The Bertz CT molecular complexity index is 729. The largest absolute Gasteiger partial charge is 0.375 e. The van der Waals surface area contributed by atoms with Gasteiger partial charge in [0.05, 0.1) is 19.3 Å². The molecule has 3 atom stereocenters. The van der Waals surface area contributed by atoms with Gasteiger partial charge in [0.1, 0.15) is 18.0 Å². The lowest BCUT2D eigenvalue weighted by Gasteiger charge is -2.43. The fourth-order valence-corrected chi connectivity index (χ4v) is 3.58. The van der Waals surface area contributed by atoms with Gasteiger partial charge < -0.3 is 14.8 Å². The molecule has 3 nitrogen and oxygen atoms in total. The Labute approximate surface area is 141 Å². The third kappa shape index (κ3) is 2.70. The summed E-state index contributed by atoms with van der Waals surface area (Å²) >= 11 is 0. The number of hydrogen-bond donors (Lipinski definition) is 1. The third-order valence-electron chi connectivity index (χ3n) is 4.91. The molecule has 4 heteroatoms. The van der Waals surface area contributed by atoms with Crippen LogP contribution in [0, 0.1) is 5.82 Å². The van der Waals surface area contributed by atoms with Crippen LogP contribution in [0.2, 0.25) is 0 Å². The Hall–Kier alpha value is -1.91. The number of hydrogen-bond acceptors (Lipinski definition) is 3. The molecule has 0 aliphatic carbocycles. The molecule has 0 aromatic heterocycles. The monoisotopic (exact) mass is 327 g/mol. The highest BCUT2D eigenvalue weighted by atomic mass is 19.1. The zero-order chi connectivity index (χ0) is 16.7. The van der Waals surface area contributed by atoms with Gasteiger partial charge in [0.2, 0.25) is 0 Å². The van der Waals surface area contributed by atoms with Gasteiger partial charge in [-0.2, -0.15) is 0 Å². The second kappa shape index (κ2) is 6.19. The molecule has 1 N–H and O–H groups in total. The first-order valence-corrected chi connectivity index (χ1v) is 8.52. The summed E-state index contributed by atoms with van der Waals surface area (Å²) in [5.41, 5.74) is 4.53. The fraction of sp³-hybridized carbons (Fsp3) is 0.400. The van der Waals surface area contributed by atoms with E-state index in [2.05, 4.69) is 37.4 Å². The quantitative estimate of drug-likeness (QED) is 0.876. The maximum Gasteiger partial charge on any atom is 0.123 e. The van der Waals surface area contributed by atoms with Crippen molar-refractivity contribution in [3.63, 3.8) is 0 Å². The highest BCUT2D eigenvalue weighted by Gasteiger charge is 2.41. The highest BCUT2D eigenvalue weighted by Crippen LogP contribution is 2.44. The lowest BCUT2D eigenvalue weighted by Crippen LogP contribution is -2.43. The Morgan fingerprint density at radius 1 is 1.04 bits per heavy atom. The molecular weight excluding hydrogens is 305 g/mol. The highest BCUT2D eigenvalue weighted by molar-refractivity contribution is 5.59. The Morgan fingerprint density at radius 2 is 1.79 bits per heavy atom. The van der Waals surface area contributed by atoms with Crippen LogP contribution in [0.3, 0.4) is 0 Å². The molecule has 0 amide bonds. The van der Waals surface area contributed by atoms with Gasteiger partial charge in [0, 0.05) is 11.3 Å². The van der Waals surface area contributed by atoms with Crippen LogP contribution in [0.25, 0.3) is 0 Å². The van der Waals surface area contributed by atoms with E-state index < -0.39 is 0 Å². The Morgan fingerprint density at radius 3 is 2.54 bits per heavy atom. The molecule has 0 bridgehead atoms. The average Bonchev–Trinajstić information content (AvgIpc) is 2.61. The first-order valence-electron chi connectivity index (χ1n) is 8.52. The Kier molecular flexibility index (Phi) is 4.02. The summed E-state index contributed by atoms with van der Waals surface area (Å²) in [6.07, 6.45) is -0.206. The molecule has 2 aromatic rings. The predicted octanol–water partition coefficient (Wildman–Crippen LogP) is 4.57. The van der Waals surface area contributed by atoms with Gasteiger partial charge in [-0.05, 0) is 35.2 Å². The first-order chi connectivity index (χ1) is 11.6. The van der Waals surface area contributed by atoms with Crippen molar-refractivity contribution in [2.45, 2.75) is 38.0 Å². The number of fused-ring (bicyclic) bond motifs is 3. The number of anilines is 1. The van der Waals surface area contributed by atoms with Crippen LogP contribution in [-0.2, 0) is 9.47 Å². The molecule has 2 aromatic carbocycles. The van der Waals surface area contributed by atoms with Crippen molar-refractivity contribution in [3.8, 4) is 0 Å². The van der Waals surface area contributed by atoms with Crippen LogP contribution < -0.4 is 5.32 Å². The lowest BCUT2D eigenvalue weighted by atomic mass is 9.86. The van der Waals surface area contributed by atoms with Crippen molar-refractivity contribution in [3.05, 3.63) is 65.0 Å². The summed E-state index contributed by atoms with van der Waals surface area (Å²) in [5, 5.41) is 3.57. The number of halogens is 1. The first kappa shape index (κ1) is 15.6. The maximum absolute atomic E-state index is 13.3. The van der Waals surface area contributed by atoms with Crippen molar-refractivity contribution in [1.29, 1.82) is 0 Å². The number of ether oxygens (including phenoxy) is 2. The molecule has 2 aliphatic heterocycles. The zero-order valence-corrected chi connectivity index (χ0v) is 14.0. The second-order valence-electron chi connectivity index (χ2n) is 6.80.